The molecule has 2 fully saturated rings. The molecule has 19 heavy (non-hydrogen) atoms. The zero-order valence-corrected chi connectivity index (χ0v) is 12.3. The van der Waals surface area contributed by atoms with Crippen LogP contribution in [0.2, 0.25) is 0 Å². The Morgan fingerprint density at radius 2 is 2.00 bits per heavy atom. The molecule has 0 aromatic carbocycles. The van der Waals surface area contributed by atoms with Crippen molar-refractivity contribution in [3.63, 3.8) is 0 Å². The number of likely N-dealkylation sites (tertiary alicyclic amines) is 1. The summed E-state index contributed by atoms with van der Waals surface area (Å²) in [6.07, 6.45) is 3.93. The number of hydrogen-bond donors (Lipinski definition) is 1. The lowest BCUT2D eigenvalue weighted by atomic mass is 10.0. The predicted molar refractivity (Wildman–Crippen MR) is 75.2 cm³/mol. The summed E-state index contributed by atoms with van der Waals surface area (Å²) >= 11 is 0. The van der Waals surface area contributed by atoms with Crippen molar-refractivity contribution in [2.24, 2.45) is 0 Å². The average Bonchev–Trinajstić information content (AvgIpc) is 2.39. The smallest absolute Gasteiger partial charge is 0.253 e. The molecule has 2 rings (SSSR count). The molecule has 5 heteroatoms. The van der Waals surface area contributed by atoms with E-state index in [0.29, 0.717) is 13.2 Å². The first-order valence-corrected chi connectivity index (χ1v) is 7.43. The molecule has 2 aliphatic heterocycles. The molecule has 0 saturated carbocycles. The van der Waals surface area contributed by atoms with Crippen LogP contribution in [-0.4, -0.2) is 74.2 Å². The van der Waals surface area contributed by atoms with Crippen molar-refractivity contribution in [3.05, 3.63) is 0 Å². The summed E-state index contributed by atoms with van der Waals surface area (Å²) in [7, 11) is 2.03. The Hall–Kier alpha value is -0.650. The molecule has 1 amide bonds. The first-order valence-electron chi connectivity index (χ1n) is 7.43. The Morgan fingerprint density at radius 3 is 2.68 bits per heavy atom. The van der Waals surface area contributed by atoms with Crippen LogP contribution in [0.25, 0.3) is 0 Å². The third-order valence-electron chi connectivity index (χ3n) is 4.11. The maximum absolute atomic E-state index is 12.2. The third kappa shape index (κ3) is 4.16. The van der Waals surface area contributed by atoms with Gasteiger partial charge in [-0.05, 0) is 39.9 Å². The lowest BCUT2D eigenvalue weighted by Crippen LogP contribution is -2.57. The lowest BCUT2D eigenvalue weighted by molar-refractivity contribution is -0.155. The van der Waals surface area contributed by atoms with E-state index in [1.165, 1.54) is 32.4 Å². The van der Waals surface area contributed by atoms with Gasteiger partial charge in [0.25, 0.3) is 5.91 Å². The molecule has 2 heterocycles. The van der Waals surface area contributed by atoms with Gasteiger partial charge in [-0.1, -0.05) is 6.42 Å². The summed E-state index contributed by atoms with van der Waals surface area (Å²) in [6, 6.07) is 0. The van der Waals surface area contributed by atoms with Crippen LogP contribution in [0.4, 0.5) is 0 Å². The minimum atomic E-state index is -0.686. The van der Waals surface area contributed by atoms with Gasteiger partial charge in [-0.25, -0.2) is 0 Å². The van der Waals surface area contributed by atoms with E-state index < -0.39 is 5.60 Å². The number of carbonyl (C=O) groups is 1. The van der Waals surface area contributed by atoms with Gasteiger partial charge in [0.05, 0.1) is 6.61 Å². The van der Waals surface area contributed by atoms with Crippen molar-refractivity contribution in [3.8, 4) is 0 Å². The van der Waals surface area contributed by atoms with Gasteiger partial charge in [-0.2, -0.15) is 0 Å². The number of nitrogens with one attached hydrogen (secondary N) is 1. The molecule has 110 valence electrons. The van der Waals surface area contributed by atoms with E-state index in [1.807, 2.05) is 14.0 Å². The first kappa shape index (κ1) is 14.8. The van der Waals surface area contributed by atoms with Crippen LogP contribution in [0, 0.1) is 0 Å². The van der Waals surface area contributed by atoms with Crippen LogP contribution in [0.15, 0.2) is 0 Å². The second kappa shape index (κ2) is 6.68. The summed E-state index contributed by atoms with van der Waals surface area (Å²) in [5.41, 5.74) is -0.686. The number of amides is 1. The Bertz CT molecular complexity index is 305. The molecule has 0 aliphatic carbocycles. The minimum Gasteiger partial charge on any atom is -0.363 e. The molecule has 5 nitrogen and oxygen atoms in total. The summed E-state index contributed by atoms with van der Waals surface area (Å²) in [6.45, 7) is 8.11. The molecule has 2 saturated heterocycles. The van der Waals surface area contributed by atoms with E-state index in [-0.39, 0.29) is 5.91 Å². The first-order chi connectivity index (χ1) is 9.10. The molecular formula is C14H27N3O2. The van der Waals surface area contributed by atoms with Crippen molar-refractivity contribution >= 4 is 5.91 Å². The van der Waals surface area contributed by atoms with Crippen LogP contribution in [0.5, 0.6) is 0 Å². The van der Waals surface area contributed by atoms with Crippen LogP contribution in [0.3, 0.4) is 0 Å². The maximum Gasteiger partial charge on any atom is 0.253 e. The zero-order chi connectivity index (χ0) is 13.7. The fraction of sp³-hybridized carbons (Fsp3) is 0.929. The van der Waals surface area contributed by atoms with Gasteiger partial charge >= 0.3 is 0 Å². The number of likely N-dealkylation sites (N-methyl/N-ethyl adjacent to an activating group) is 1. The number of hydrogen-bond acceptors (Lipinski definition) is 4. The fourth-order valence-corrected chi connectivity index (χ4v) is 2.90. The fourth-order valence-electron chi connectivity index (χ4n) is 2.90. The molecule has 0 aromatic heterocycles. The van der Waals surface area contributed by atoms with Gasteiger partial charge in [0.2, 0.25) is 0 Å². The monoisotopic (exact) mass is 269 g/mol. The predicted octanol–water partition coefficient (Wildman–Crippen LogP) is 0.309. The standard InChI is InChI=1S/C14H27N3O2/c1-14(12-16(2)10-11-19-14)13(18)15-6-9-17-7-4-3-5-8-17/h3-12H2,1-2H3,(H,15,18)/t14-/m0/s1. The lowest BCUT2D eigenvalue weighted by Gasteiger charge is -2.37. The molecule has 0 unspecified atom stereocenters. The van der Waals surface area contributed by atoms with E-state index >= 15 is 0 Å². The number of rotatable bonds is 4. The van der Waals surface area contributed by atoms with Gasteiger partial charge in [-0.15, -0.1) is 0 Å². The highest BCUT2D eigenvalue weighted by molar-refractivity contribution is 5.85. The van der Waals surface area contributed by atoms with E-state index in [9.17, 15) is 4.79 Å². The van der Waals surface area contributed by atoms with Crippen molar-refractivity contribution in [2.75, 3.05) is 52.9 Å². The van der Waals surface area contributed by atoms with Gasteiger partial charge in [0.1, 0.15) is 0 Å². The number of piperidine rings is 1. The molecule has 0 aromatic rings. The molecule has 0 bridgehead atoms. The Balaban J connectivity index is 1.71. The van der Waals surface area contributed by atoms with E-state index in [4.69, 9.17) is 4.74 Å². The van der Waals surface area contributed by atoms with E-state index in [2.05, 4.69) is 15.1 Å². The average molecular weight is 269 g/mol. The summed E-state index contributed by atoms with van der Waals surface area (Å²) < 4.78 is 5.67. The second-order valence-corrected chi connectivity index (χ2v) is 5.98. The van der Waals surface area contributed by atoms with E-state index in [0.717, 1.165) is 19.6 Å². The highest BCUT2D eigenvalue weighted by atomic mass is 16.5. The Labute approximate surface area is 116 Å². The van der Waals surface area contributed by atoms with Crippen molar-refractivity contribution < 1.29 is 9.53 Å². The van der Waals surface area contributed by atoms with Gasteiger partial charge in [0.15, 0.2) is 5.60 Å². The largest absolute Gasteiger partial charge is 0.363 e. The van der Waals surface area contributed by atoms with Gasteiger partial charge < -0.3 is 19.9 Å². The highest BCUT2D eigenvalue weighted by Gasteiger charge is 2.37. The van der Waals surface area contributed by atoms with Crippen LogP contribution >= 0.6 is 0 Å². The summed E-state index contributed by atoms with van der Waals surface area (Å²) in [5.74, 6) is 0.0241. The third-order valence-corrected chi connectivity index (χ3v) is 4.11. The molecule has 0 spiro atoms. The summed E-state index contributed by atoms with van der Waals surface area (Å²) in [5, 5.41) is 3.03. The summed E-state index contributed by atoms with van der Waals surface area (Å²) in [4.78, 5) is 16.8. The second-order valence-electron chi connectivity index (χ2n) is 5.98. The topological polar surface area (TPSA) is 44.8 Å². The molecule has 1 atom stereocenters. The zero-order valence-electron chi connectivity index (χ0n) is 12.3. The molecule has 2 aliphatic rings. The van der Waals surface area contributed by atoms with Crippen LogP contribution in [-0.2, 0) is 9.53 Å². The SMILES string of the molecule is CN1CCO[C@](C)(C(=O)NCCN2CCCCC2)C1. The Morgan fingerprint density at radius 1 is 1.26 bits per heavy atom. The molecular weight excluding hydrogens is 242 g/mol. The van der Waals surface area contributed by atoms with Crippen molar-refractivity contribution in [1.82, 2.24) is 15.1 Å². The Kier molecular flexibility index (Phi) is 5.19. The molecule has 0 radical (unpaired) electrons. The minimum absolute atomic E-state index is 0.0241. The number of morpholine rings is 1. The number of carbonyl (C=O) groups excluding carboxylic acids is 1. The molecule has 1 N–H and O–H groups in total. The van der Waals surface area contributed by atoms with E-state index in [1.54, 1.807) is 0 Å². The van der Waals surface area contributed by atoms with Crippen LogP contribution in [0.1, 0.15) is 26.2 Å². The van der Waals surface area contributed by atoms with Gasteiger partial charge in [0, 0.05) is 26.2 Å². The normalized spacial score (nSPS) is 30.2. The highest BCUT2D eigenvalue weighted by Crippen LogP contribution is 2.16. The van der Waals surface area contributed by atoms with Crippen molar-refractivity contribution in [1.29, 1.82) is 0 Å². The quantitative estimate of drug-likeness (QED) is 0.798. The van der Waals surface area contributed by atoms with Crippen molar-refractivity contribution in [2.45, 2.75) is 31.8 Å². The van der Waals surface area contributed by atoms with Gasteiger partial charge in [-0.3, -0.25) is 4.79 Å². The number of ether oxygens (including phenoxy) is 1. The van der Waals surface area contributed by atoms with Crippen LogP contribution < -0.4 is 5.32 Å². The number of nitrogens with zero attached hydrogens (tertiary/aromatic N) is 2. The maximum atomic E-state index is 12.2.